The molecule has 0 spiro atoms. The fourth-order valence-electron chi connectivity index (χ4n) is 10.0. The van der Waals surface area contributed by atoms with Crippen LogP contribution in [-0.2, 0) is 5.41 Å². The number of furan rings is 2. The molecule has 0 radical (unpaired) electrons. The molecule has 3 nitrogen and oxygen atoms in total. The second-order valence-electron chi connectivity index (χ2n) is 16.9. The van der Waals surface area contributed by atoms with Crippen molar-refractivity contribution >= 4 is 92.4 Å². The summed E-state index contributed by atoms with van der Waals surface area (Å²) in [7, 11) is 0. The summed E-state index contributed by atoms with van der Waals surface area (Å²) in [5, 5.41) is 6.82. The lowest BCUT2D eigenvalue weighted by Gasteiger charge is -2.28. The molecular weight excluding hydrogens is 763 g/mol. The first-order valence-corrected chi connectivity index (χ1v) is 21.7. The van der Waals surface area contributed by atoms with E-state index in [1.165, 1.54) is 59.1 Å². The summed E-state index contributed by atoms with van der Waals surface area (Å²) in [6.45, 7) is 4.69. The van der Waals surface area contributed by atoms with Crippen molar-refractivity contribution in [2.24, 2.45) is 0 Å². The van der Waals surface area contributed by atoms with Crippen molar-refractivity contribution in [2.75, 3.05) is 4.90 Å². The molecule has 13 rings (SSSR count). The Morgan fingerprint density at radius 1 is 0.393 bits per heavy atom. The lowest BCUT2D eigenvalue weighted by Crippen LogP contribution is -2.16. The molecule has 61 heavy (non-hydrogen) atoms. The van der Waals surface area contributed by atoms with Crippen LogP contribution >= 0.6 is 11.3 Å². The molecule has 0 saturated carbocycles. The van der Waals surface area contributed by atoms with Gasteiger partial charge in [-0.15, -0.1) is 11.3 Å². The van der Waals surface area contributed by atoms with Crippen molar-refractivity contribution in [2.45, 2.75) is 19.3 Å². The van der Waals surface area contributed by atoms with Crippen LogP contribution in [0.4, 0.5) is 17.1 Å². The third kappa shape index (κ3) is 5.16. The number of thiophene rings is 1. The van der Waals surface area contributed by atoms with E-state index in [0.29, 0.717) is 0 Å². The third-order valence-corrected chi connectivity index (χ3v) is 14.2. The van der Waals surface area contributed by atoms with Crippen LogP contribution in [0.5, 0.6) is 0 Å². The van der Waals surface area contributed by atoms with Crippen molar-refractivity contribution in [1.29, 1.82) is 0 Å². The van der Waals surface area contributed by atoms with Crippen LogP contribution in [0.2, 0.25) is 0 Å². The van der Waals surface area contributed by atoms with E-state index in [9.17, 15) is 0 Å². The standard InChI is InChI=1S/C57H37NO2S/c1-57(2)47-15-8-6-13-40(47)41-28-25-39(31-48(41)57)58(38-23-19-35(20-24-38)37-22-27-44-43-14-7-9-18-54(43)61-55(44)30-37)49-16-10-17-50-56(49)46-33-52-45(32-53(46)59-50)42-26-21-36(29-51(42)60-52)34-11-4-3-5-12-34/h3-33H,1-2H3. The van der Waals surface area contributed by atoms with Crippen molar-refractivity contribution in [1.82, 2.24) is 0 Å². The average Bonchev–Trinajstić information content (AvgIpc) is 4.03. The molecule has 0 fully saturated rings. The summed E-state index contributed by atoms with van der Waals surface area (Å²) in [6.07, 6.45) is 0. The highest BCUT2D eigenvalue weighted by molar-refractivity contribution is 7.25. The monoisotopic (exact) mass is 799 g/mol. The average molecular weight is 800 g/mol. The zero-order chi connectivity index (χ0) is 40.4. The van der Waals surface area contributed by atoms with Gasteiger partial charge in [0, 0.05) is 53.1 Å². The fraction of sp³-hybridized carbons (Fsp3) is 0.0526. The van der Waals surface area contributed by atoms with Crippen LogP contribution in [0.3, 0.4) is 0 Å². The topological polar surface area (TPSA) is 29.5 Å². The Labute approximate surface area is 356 Å². The summed E-state index contributed by atoms with van der Waals surface area (Å²) in [4.78, 5) is 2.41. The maximum atomic E-state index is 6.75. The molecule has 12 aromatic rings. The molecule has 288 valence electrons. The number of nitrogens with zero attached hydrogens (tertiary/aromatic N) is 1. The first-order chi connectivity index (χ1) is 30.0. The Bertz CT molecular complexity index is 3740. The number of anilines is 3. The largest absolute Gasteiger partial charge is 0.456 e. The zero-order valence-corrected chi connectivity index (χ0v) is 34.4. The van der Waals surface area contributed by atoms with Gasteiger partial charge in [-0.25, -0.2) is 0 Å². The van der Waals surface area contributed by atoms with Crippen molar-refractivity contribution in [3.63, 3.8) is 0 Å². The van der Waals surface area contributed by atoms with E-state index in [-0.39, 0.29) is 5.41 Å². The minimum absolute atomic E-state index is 0.148. The zero-order valence-electron chi connectivity index (χ0n) is 33.6. The van der Waals surface area contributed by atoms with Crippen molar-refractivity contribution < 1.29 is 8.83 Å². The smallest absolute Gasteiger partial charge is 0.137 e. The minimum atomic E-state index is -0.148. The Kier molecular flexibility index (Phi) is 7.23. The Morgan fingerprint density at radius 3 is 1.92 bits per heavy atom. The van der Waals surface area contributed by atoms with E-state index in [4.69, 9.17) is 8.83 Å². The summed E-state index contributed by atoms with van der Waals surface area (Å²) >= 11 is 1.86. The molecule has 3 aromatic heterocycles. The highest BCUT2D eigenvalue weighted by atomic mass is 32.1. The molecule has 0 bridgehead atoms. The molecule has 0 unspecified atom stereocenters. The van der Waals surface area contributed by atoms with Crippen LogP contribution in [-0.4, -0.2) is 0 Å². The number of hydrogen-bond donors (Lipinski definition) is 0. The van der Waals surface area contributed by atoms with Crippen LogP contribution in [0.25, 0.3) is 97.4 Å². The van der Waals surface area contributed by atoms with Gasteiger partial charge < -0.3 is 13.7 Å². The number of fused-ring (bicyclic) bond motifs is 12. The molecular formula is C57H37NO2S. The Hall–Kier alpha value is -7.40. The van der Waals surface area contributed by atoms with E-state index >= 15 is 0 Å². The molecule has 0 atom stereocenters. The van der Waals surface area contributed by atoms with E-state index in [1.807, 2.05) is 17.4 Å². The summed E-state index contributed by atoms with van der Waals surface area (Å²) in [5.74, 6) is 0. The highest BCUT2D eigenvalue weighted by Crippen LogP contribution is 2.52. The third-order valence-electron chi connectivity index (χ3n) is 13.1. The Balaban J connectivity index is 0.986. The highest BCUT2D eigenvalue weighted by Gasteiger charge is 2.36. The van der Waals surface area contributed by atoms with E-state index in [1.54, 1.807) is 0 Å². The maximum absolute atomic E-state index is 6.75. The van der Waals surface area contributed by atoms with E-state index in [0.717, 1.165) is 66.5 Å². The second kappa shape index (κ2) is 12.8. The van der Waals surface area contributed by atoms with Crippen LogP contribution in [0.15, 0.2) is 197 Å². The van der Waals surface area contributed by atoms with Crippen molar-refractivity contribution in [3.05, 3.63) is 199 Å². The van der Waals surface area contributed by atoms with Gasteiger partial charge in [0.25, 0.3) is 0 Å². The SMILES string of the molecule is CC1(C)c2ccccc2-c2ccc(N(c3ccc(-c4ccc5c(c4)sc4ccccc45)cc3)c3cccc4oc5cc6c(cc5c34)oc3cc(-c4ccccc4)ccc36)cc21. The summed E-state index contributed by atoms with van der Waals surface area (Å²) < 4.78 is 16.0. The first kappa shape index (κ1) is 34.5. The number of benzene rings is 9. The van der Waals surface area contributed by atoms with Crippen LogP contribution in [0.1, 0.15) is 25.0 Å². The molecule has 0 saturated heterocycles. The van der Waals surface area contributed by atoms with E-state index < -0.39 is 0 Å². The molecule has 0 amide bonds. The van der Waals surface area contributed by atoms with Crippen LogP contribution in [0, 0.1) is 0 Å². The van der Waals surface area contributed by atoms with Gasteiger partial charge in [-0.05, 0) is 117 Å². The van der Waals surface area contributed by atoms with Crippen LogP contribution < -0.4 is 4.90 Å². The number of hydrogen-bond acceptors (Lipinski definition) is 4. The molecule has 0 aliphatic heterocycles. The molecule has 0 N–H and O–H groups in total. The first-order valence-electron chi connectivity index (χ1n) is 20.9. The minimum Gasteiger partial charge on any atom is -0.456 e. The van der Waals surface area contributed by atoms with Gasteiger partial charge in [-0.2, -0.15) is 0 Å². The lowest BCUT2D eigenvalue weighted by molar-refractivity contribution is 0.660. The van der Waals surface area contributed by atoms with E-state index in [2.05, 4.69) is 201 Å². The quantitative estimate of drug-likeness (QED) is 0.174. The fourth-order valence-corrected chi connectivity index (χ4v) is 11.2. The Morgan fingerprint density at radius 2 is 1.03 bits per heavy atom. The second-order valence-corrected chi connectivity index (χ2v) is 18.0. The lowest BCUT2D eigenvalue weighted by atomic mass is 9.82. The molecule has 4 heteroatoms. The normalized spacial score (nSPS) is 13.2. The molecule has 3 heterocycles. The maximum Gasteiger partial charge on any atom is 0.137 e. The van der Waals surface area contributed by atoms with Gasteiger partial charge in [0.1, 0.15) is 22.3 Å². The predicted octanol–water partition coefficient (Wildman–Crippen LogP) is 17.0. The van der Waals surface area contributed by atoms with Gasteiger partial charge >= 0.3 is 0 Å². The van der Waals surface area contributed by atoms with Gasteiger partial charge in [-0.1, -0.05) is 129 Å². The molecule has 9 aromatic carbocycles. The molecule has 1 aliphatic carbocycles. The number of rotatable bonds is 5. The van der Waals surface area contributed by atoms with Gasteiger partial charge in [0.2, 0.25) is 0 Å². The summed E-state index contributed by atoms with van der Waals surface area (Å²) in [5.41, 5.74) is 16.4. The summed E-state index contributed by atoms with van der Waals surface area (Å²) in [6, 6.07) is 68.2. The van der Waals surface area contributed by atoms with Crippen molar-refractivity contribution in [3.8, 4) is 33.4 Å². The van der Waals surface area contributed by atoms with Gasteiger partial charge in [-0.3, -0.25) is 0 Å². The van der Waals surface area contributed by atoms with Gasteiger partial charge in [0.05, 0.1) is 11.1 Å². The van der Waals surface area contributed by atoms with Gasteiger partial charge in [0.15, 0.2) is 0 Å². The molecule has 1 aliphatic rings. The predicted molar refractivity (Wildman–Crippen MR) is 257 cm³/mol.